The first-order valence-corrected chi connectivity index (χ1v) is 6.68. The first kappa shape index (κ1) is 15.1. The summed E-state index contributed by atoms with van der Waals surface area (Å²) in [7, 11) is 4.90. The lowest BCUT2D eigenvalue weighted by Gasteiger charge is -2.13. The van der Waals surface area contributed by atoms with Crippen LogP contribution in [0.5, 0.6) is 17.2 Å². The van der Waals surface area contributed by atoms with Gasteiger partial charge >= 0.3 is 0 Å². The highest BCUT2D eigenvalue weighted by Gasteiger charge is 2.10. The van der Waals surface area contributed by atoms with E-state index in [0.717, 1.165) is 17.0 Å². The van der Waals surface area contributed by atoms with Crippen LogP contribution in [0, 0.1) is 0 Å². The standard InChI is InChI=1S/C16H20N2O3/c1-19-14-7-5-4-6-12(14)10-17-11-13-16(21-3)15(20-2)8-9-18-13/h4-9,17H,10-11H2,1-3H3. The van der Waals surface area contributed by atoms with E-state index in [-0.39, 0.29) is 0 Å². The molecule has 0 spiro atoms. The molecule has 1 heterocycles. The lowest BCUT2D eigenvalue weighted by atomic mass is 10.2. The Bertz CT molecular complexity index is 587. The van der Waals surface area contributed by atoms with E-state index in [1.54, 1.807) is 33.6 Å². The Morgan fingerprint density at radius 3 is 2.38 bits per heavy atom. The van der Waals surface area contributed by atoms with Gasteiger partial charge in [0.25, 0.3) is 0 Å². The molecule has 1 aromatic heterocycles. The molecule has 0 unspecified atom stereocenters. The van der Waals surface area contributed by atoms with E-state index >= 15 is 0 Å². The van der Waals surface area contributed by atoms with E-state index in [1.807, 2.05) is 24.3 Å². The summed E-state index contributed by atoms with van der Waals surface area (Å²) in [4.78, 5) is 4.33. The third kappa shape index (κ3) is 3.64. The minimum atomic E-state index is 0.582. The highest BCUT2D eigenvalue weighted by molar-refractivity contribution is 5.42. The Kier molecular flexibility index (Phi) is 5.40. The summed E-state index contributed by atoms with van der Waals surface area (Å²) in [6.07, 6.45) is 1.71. The van der Waals surface area contributed by atoms with Crippen molar-refractivity contribution in [2.24, 2.45) is 0 Å². The minimum Gasteiger partial charge on any atom is -0.496 e. The maximum atomic E-state index is 5.36. The second-order valence-corrected chi connectivity index (χ2v) is 4.41. The van der Waals surface area contributed by atoms with E-state index in [0.29, 0.717) is 24.6 Å². The number of para-hydroxylation sites is 1. The van der Waals surface area contributed by atoms with Crippen molar-refractivity contribution in [3.63, 3.8) is 0 Å². The second kappa shape index (κ2) is 7.50. The predicted molar refractivity (Wildman–Crippen MR) is 80.9 cm³/mol. The van der Waals surface area contributed by atoms with Gasteiger partial charge in [0, 0.05) is 30.9 Å². The van der Waals surface area contributed by atoms with Gasteiger partial charge in [-0.1, -0.05) is 18.2 Å². The molecule has 1 N–H and O–H groups in total. The average molecular weight is 288 g/mol. The monoisotopic (exact) mass is 288 g/mol. The van der Waals surface area contributed by atoms with Gasteiger partial charge in [0.15, 0.2) is 11.5 Å². The zero-order valence-electron chi connectivity index (χ0n) is 12.6. The highest BCUT2D eigenvalue weighted by Crippen LogP contribution is 2.28. The molecular formula is C16H20N2O3. The summed E-state index contributed by atoms with van der Waals surface area (Å²) in [5.74, 6) is 2.21. The van der Waals surface area contributed by atoms with E-state index < -0.39 is 0 Å². The third-order valence-electron chi connectivity index (χ3n) is 3.17. The molecule has 0 radical (unpaired) electrons. The number of methoxy groups -OCH3 is 3. The van der Waals surface area contributed by atoms with Gasteiger partial charge in [0.1, 0.15) is 5.75 Å². The Labute approximate surface area is 124 Å². The summed E-state index contributed by atoms with van der Waals surface area (Å²) in [6, 6.07) is 9.70. The fraction of sp³-hybridized carbons (Fsp3) is 0.312. The van der Waals surface area contributed by atoms with Crippen LogP contribution < -0.4 is 19.5 Å². The van der Waals surface area contributed by atoms with Gasteiger partial charge in [-0.3, -0.25) is 4.98 Å². The van der Waals surface area contributed by atoms with Gasteiger partial charge in [0.05, 0.1) is 27.0 Å². The Morgan fingerprint density at radius 2 is 1.67 bits per heavy atom. The largest absolute Gasteiger partial charge is 0.496 e. The van der Waals surface area contributed by atoms with E-state index in [9.17, 15) is 0 Å². The fourth-order valence-electron chi connectivity index (χ4n) is 2.14. The Hall–Kier alpha value is -2.27. The molecule has 1 aromatic carbocycles. The SMILES string of the molecule is COc1ccccc1CNCc1nccc(OC)c1OC. The maximum Gasteiger partial charge on any atom is 0.183 e. The van der Waals surface area contributed by atoms with E-state index in [1.165, 1.54) is 0 Å². The Balaban J connectivity index is 2.04. The molecule has 112 valence electrons. The van der Waals surface area contributed by atoms with Crippen molar-refractivity contribution in [1.82, 2.24) is 10.3 Å². The maximum absolute atomic E-state index is 5.36. The molecule has 0 atom stereocenters. The fourth-order valence-corrected chi connectivity index (χ4v) is 2.14. The van der Waals surface area contributed by atoms with Crippen molar-refractivity contribution in [1.29, 1.82) is 0 Å². The Morgan fingerprint density at radius 1 is 0.905 bits per heavy atom. The van der Waals surface area contributed by atoms with Crippen molar-refractivity contribution in [2.75, 3.05) is 21.3 Å². The first-order valence-electron chi connectivity index (χ1n) is 6.68. The number of ether oxygens (including phenoxy) is 3. The van der Waals surface area contributed by atoms with Gasteiger partial charge in [0.2, 0.25) is 0 Å². The number of hydrogen-bond donors (Lipinski definition) is 1. The first-order chi connectivity index (χ1) is 10.3. The van der Waals surface area contributed by atoms with Gasteiger partial charge < -0.3 is 19.5 Å². The molecule has 5 heteroatoms. The third-order valence-corrected chi connectivity index (χ3v) is 3.17. The van der Waals surface area contributed by atoms with Crippen LogP contribution in [0.15, 0.2) is 36.5 Å². The number of aromatic nitrogens is 1. The van der Waals surface area contributed by atoms with Crippen LogP contribution in [0.2, 0.25) is 0 Å². The molecule has 0 saturated heterocycles. The van der Waals surface area contributed by atoms with Crippen molar-refractivity contribution in [3.8, 4) is 17.2 Å². The van der Waals surface area contributed by atoms with E-state index in [4.69, 9.17) is 14.2 Å². The number of benzene rings is 1. The van der Waals surface area contributed by atoms with Crippen LogP contribution >= 0.6 is 0 Å². The number of nitrogens with one attached hydrogen (secondary N) is 1. The predicted octanol–water partition coefficient (Wildman–Crippen LogP) is 2.40. The zero-order valence-corrected chi connectivity index (χ0v) is 12.6. The number of rotatable bonds is 7. The van der Waals surface area contributed by atoms with Crippen LogP contribution in [0.25, 0.3) is 0 Å². The van der Waals surface area contributed by atoms with Gasteiger partial charge in [-0.15, -0.1) is 0 Å². The lowest BCUT2D eigenvalue weighted by Crippen LogP contribution is -2.15. The zero-order chi connectivity index (χ0) is 15.1. The molecule has 0 bridgehead atoms. The second-order valence-electron chi connectivity index (χ2n) is 4.41. The van der Waals surface area contributed by atoms with Crippen molar-refractivity contribution in [2.45, 2.75) is 13.1 Å². The highest BCUT2D eigenvalue weighted by atomic mass is 16.5. The number of pyridine rings is 1. The molecule has 0 aliphatic rings. The minimum absolute atomic E-state index is 0.582. The van der Waals surface area contributed by atoms with Crippen molar-refractivity contribution >= 4 is 0 Å². The van der Waals surface area contributed by atoms with Gasteiger partial charge in [-0.25, -0.2) is 0 Å². The topological polar surface area (TPSA) is 52.6 Å². The summed E-state index contributed by atoms with van der Waals surface area (Å²) >= 11 is 0. The van der Waals surface area contributed by atoms with Crippen LogP contribution in [0.1, 0.15) is 11.3 Å². The van der Waals surface area contributed by atoms with Crippen LogP contribution in [-0.4, -0.2) is 26.3 Å². The van der Waals surface area contributed by atoms with Crippen LogP contribution in [0.3, 0.4) is 0 Å². The van der Waals surface area contributed by atoms with Crippen LogP contribution in [0.4, 0.5) is 0 Å². The van der Waals surface area contributed by atoms with Crippen molar-refractivity contribution in [3.05, 3.63) is 47.8 Å². The van der Waals surface area contributed by atoms with Gasteiger partial charge in [-0.05, 0) is 6.07 Å². The molecule has 5 nitrogen and oxygen atoms in total. The van der Waals surface area contributed by atoms with Crippen LogP contribution in [-0.2, 0) is 13.1 Å². The summed E-state index contributed by atoms with van der Waals surface area (Å²) in [6.45, 7) is 1.27. The molecule has 0 aliphatic carbocycles. The van der Waals surface area contributed by atoms with Gasteiger partial charge in [-0.2, -0.15) is 0 Å². The molecular weight excluding hydrogens is 268 g/mol. The molecule has 0 fully saturated rings. The molecule has 21 heavy (non-hydrogen) atoms. The molecule has 2 rings (SSSR count). The normalized spacial score (nSPS) is 10.2. The quantitative estimate of drug-likeness (QED) is 0.848. The smallest absolute Gasteiger partial charge is 0.183 e. The average Bonchev–Trinajstić information content (AvgIpc) is 2.54. The lowest BCUT2D eigenvalue weighted by molar-refractivity contribution is 0.348. The summed E-state index contributed by atoms with van der Waals surface area (Å²) in [5, 5.41) is 3.34. The summed E-state index contributed by atoms with van der Waals surface area (Å²) < 4.78 is 16.0. The number of hydrogen-bond acceptors (Lipinski definition) is 5. The number of nitrogens with zero attached hydrogens (tertiary/aromatic N) is 1. The van der Waals surface area contributed by atoms with Crippen molar-refractivity contribution < 1.29 is 14.2 Å². The molecule has 0 amide bonds. The van der Waals surface area contributed by atoms with E-state index in [2.05, 4.69) is 10.3 Å². The molecule has 0 aliphatic heterocycles. The summed E-state index contributed by atoms with van der Waals surface area (Å²) in [5.41, 5.74) is 1.91. The molecule has 0 saturated carbocycles. The molecule has 2 aromatic rings.